The lowest BCUT2D eigenvalue weighted by Gasteiger charge is -2.32. The summed E-state index contributed by atoms with van der Waals surface area (Å²) in [5.74, 6) is 1.63. The number of ether oxygens (including phenoxy) is 1. The Labute approximate surface area is 163 Å². The first-order valence-electron chi connectivity index (χ1n) is 9.45. The number of likely N-dealkylation sites (N-methyl/N-ethyl adjacent to an activating group) is 2. The summed E-state index contributed by atoms with van der Waals surface area (Å²) in [6, 6.07) is 6.81. The Bertz CT molecular complexity index is 1020. The average molecular weight is 382 g/mol. The smallest absolute Gasteiger partial charge is 0.407 e. The van der Waals surface area contributed by atoms with Gasteiger partial charge in [-0.05, 0) is 39.8 Å². The molecule has 1 atom stereocenters. The number of aromatic nitrogens is 2. The average Bonchev–Trinajstić information content (AvgIpc) is 3.17. The molecule has 3 heterocycles. The zero-order valence-electron chi connectivity index (χ0n) is 16.8. The lowest BCUT2D eigenvalue weighted by atomic mass is 10.1. The molecule has 0 saturated carbocycles. The number of fused-ring (bicyclic) bond motifs is 3. The van der Waals surface area contributed by atoms with Crippen LogP contribution in [-0.4, -0.2) is 52.3 Å². The van der Waals surface area contributed by atoms with Crippen LogP contribution in [0.15, 0.2) is 29.3 Å². The molecule has 1 unspecified atom stereocenters. The molecule has 4 rings (SSSR count). The van der Waals surface area contributed by atoms with Crippen LogP contribution in [0.4, 0.5) is 10.7 Å². The van der Waals surface area contributed by atoms with Gasteiger partial charge in [0, 0.05) is 19.7 Å². The number of hydrogen-bond donors (Lipinski definition) is 0. The Morgan fingerprint density at radius 3 is 2.64 bits per heavy atom. The van der Waals surface area contributed by atoms with E-state index in [9.17, 15) is 9.59 Å². The van der Waals surface area contributed by atoms with Crippen molar-refractivity contribution in [2.75, 3.05) is 20.2 Å². The predicted octanol–water partition coefficient (Wildman–Crippen LogP) is 2.28. The summed E-state index contributed by atoms with van der Waals surface area (Å²) < 4.78 is 9.56. The molecule has 0 spiro atoms. The van der Waals surface area contributed by atoms with Gasteiger partial charge < -0.3 is 4.74 Å². The van der Waals surface area contributed by atoms with E-state index >= 15 is 0 Å². The van der Waals surface area contributed by atoms with Crippen molar-refractivity contribution in [1.82, 2.24) is 14.4 Å². The largest absolute Gasteiger partial charge is 0.494 e. The normalized spacial score (nSPS) is 18.3. The first-order chi connectivity index (χ1) is 13.4. The number of urea groups is 1. The summed E-state index contributed by atoms with van der Waals surface area (Å²) in [4.78, 5) is 33.0. The van der Waals surface area contributed by atoms with Gasteiger partial charge in [-0.3, -0.25) is 14.6 Å². The number of carbonyl (C=O) groups is 2. The minimum absolute atomic E-state index is 0.239. The van der Waals surface area contributed by atoms with E-state index in [1.807, 2.05) is 54.2 Å². The second-order valence-electron chi connectivity index (χ2n) is 6.90. The second-order valence-corrected chi connectivity index (χ2v) is 6.90. The zero-order chi connectivity index (χ0) is 20.2. The summed E-state index contributed by atoms with van der Waals surface area (Å²) in [6.45, 7) is 8.63. The summed E-state index contributed by atoms with van der Waals surface area (Å²) in [5.41, 5.74) is 2.83. The van der Waals surface area contributed by atoms with Crippen LogP contribution < -0.4 is 9.30 Å². The van der Waals surface area contributed by atoms with E-state index in [1.165, 1.54) is 9.80 Å². The third-order valence-corrected chi connectivity index (χ3v) is 5.42. The van der Waals surface area contributed by atoms with Gasteiger partial charge in [-0.25, -0.2) is 9.36 Å². The van der Waals surface area contributed by atoms with Crippen molar-refractivity contribution in [2.24, 2.45) is 4.99 Å². The highest BCUT2D eigenvalue weighted by atomic mass is 16.5. The van der Waals surface area contributed by atoms with Crippen LogP contribution in [0, 0.1) is 13.8 Å². The molecule has 146 valence electrons. The van der Waals surface area contributed by atoms with Crippen molar-refractivity contribution in [3.05, 3.63) is 35.7 Å². The maximum Gasteiger partial charge on any atom is 0.407 e. The fraction of sp³-hybridized carbons (Fsp3) is 0.400. The number of imide groups is 1. The highest BCUT2D eigenvalue weighted by Gasteiger charge is 2.53. The molecule has 0 aliphatic carbocycles. The van der Waals surface area contributed by atoms with Crippen molar-refractivity contribution < 1.29 is 18.9 Å². The van der Waals surface area contributed by atoms with Crippen LogP contribution in [0.3, 0.4) is 0 Å². The van der Waals surface area contributed by atoms with E-state index in [4.69, 9.17) is 9.73 Å². The number of benzene rings is 1. The second kappa shape index (κ2) is 6.47. The molecule has 1 fully saturated rings. The minimum Gasteiger partial charge on any atom is -0.494 e. The lowest BCUT2D eigenvalue weighted by molar-refractivity contribution is -0.682. The van der Waals surface area contributed by atoms with Gasteiger partial charge in [0.15, 0.2) is 0 Å². The molecular formula is C20H24N5O3+. The summed E-state index contributed by atoms with van der Waals surface area (Å²) in [6.07, 6.45) is 0. The number of amidine groups is 1. The van der Waals surface area contributed by atoms with Crippen LogP contribution in [0.25, 0.3) is 5.69 Å². The molecule has 0 bridgehead atoms. The maximum atomic E-state index is 13.1. The number of amides is 3. The van der Waals surface area contributed by atoms with E-state index in [-0.39, 0.29) is 11.9 Å². The lowest BCUT2D eigenvalue weighted by Crippen LogP contribution is -2.63. The van der Waals surface area contributed by atoms with Crippen molar-refractivity contribution >= 4 is 23.7 Å². The SMILES string of the molecule is CCOc1cccc(-n2c(C)c(C)[n+]3c2N=C2C3C(=O)N(CC)C(=O)N2C)c1. The molecule has 0 N–H and O–H groups in total. The van der Waals surface area contributed by atoms with E-state index in [2.05, 4.69) is 0 Å². The molecule has 3 amide bonds. The maximum absolute atomic E-state index is 13.1. The molecule has 0 radical (unpaired) electrons. The number of carbonyl (C=O) groups excluding carboxylic acids is 2. The summed E-state index contributed by atoms with van der Waals surface area (Å²) in [5, 5.41) is 0. The molecule has 2 aliphatic heterocycles. The van der Waals surface area contributed by atoms with E-state index in [0.717, 1.165) is 22.8 Å². The molecule has 2 aromatic rings. The molecule has 2 aliphatic rings. The molecule has 1 saturated heterocycles. The van der Waals surface area contributed by atoms with Gasteiger partial charge in [-0.2, -0.15) is 4.57 Å². The molecule has 1 aromatic carbocycles. The van der Waals surface area contributed by atoms with Gasteiger partial charge in [0.25, 0.3) is 5.91 Å². The van der Waals surface area contributed by atoms with Crippen molar-refractivity contribution in [3.63, 3.8) is 0 Å². The van der Waals surface area contributed by atoms with E-state index < -0.39 is 6.04 Å². The van der Waals surface area contributed by atoms with Crippen LogP contribution in [-0.2, 0) is 4.79 Å². The van der Waals surface area contributed by atoms with Crippen LogP contribution >= 0.6 is 0 Å². The Kier molecular flexibility index (Phi) is 4.21. The quantitative estimate of drug-likeness (QED) is 0.762. The fourth-order valence-corrected chi connectivity index (χ4v) is 3.92. The Morgan fingerprint density at radius 2 is 1.96 bits per heavy atom. The van der Waals surface area contributed by atoms with Gasteiger partial charge in [-0.1, -0.05) is 11.1 Å². The minimum atomic E-state index is -0.618. The molecule has 8 nitrogen and oxygen atoms in total. The first kappa shape index (κ1) is 18.2. The van der Waals surface area contributed by atoms with Gasteiger partial charge in [0.05, 0.1) is 6.61 Å². The molecular weight excluding hydrogens is 358 g/mol. The van der Waals surface area contributed by atoms with Crippen molar-refractivity contribution in [1.29, 1.82) is 0 Å². The number of aliphatic imine (C=N–C) groups is 1. The highest BCUT2D eigenvalue weighted by Crippen LogP contribution is 2.33. The topological polar surface area (TPSA) is 71.0 Å². The van der Waals surface area contributed by atoms with Crippen molar-refractivity contribution in [3.8, 4) is 11.4 Å². The number of imidazole rings is 1. The van der Waals surface area contributed by atoms with Crippen LogP contribution in [0.2, 0.25) is 0 Å². The standard InChI is InChI=1S/C20H24N5O3/c1-6-23-18(26)16-17(22(5)20(23)27)21-19-24(12(3)13(4)25(16)19)14-9-8-10-15(11-14)28-7-2/h8-11,16H,6-7H2,1-5H3/q+1. The zero-order valence-corrected chi connectivity index (χ0v) is 16.8. The summed E-state index contributed by atoms with van der Waals surface area (Å²) >= 11 is 0. The number of rotatable bonds is 4. The third kappa shape index (κ3) is 2.37. The van der Waals surface area contributed by atoms with E-state index in [0.29, 0.717) is 24.9 Å². The monoisotopic (exact) mass is 382 g/mol. The van der Waals surface area contributed by atoms with Gasteiger partial charge in [-0.15, -0.1) is 0 Å². The summed E-state index contributed by atoms with van der Waals surface area (Å²) in [7, 11) is 1.66. The molecule has 8 heteroatoms. The molecule has 1 aromatic heterocycles. The Morgan fingerprint density at radius 1 is 1.21 bits per heavy atom. The number of hydrogen-bond acceptors (Lipinski definition) is 4. The number of nitrogens with zero attached hydrogens (tertiary/aromatic N) is 5. The van der Waals surface area contributed by atoms with Gasteiger partial charge in [0.1, 0.15) is 22.8 Å². The fourth-order valence-electron chi connectivity index (χ4n) is 3.92. The van der Waals surface area contributed by atoms with Crippen molar-refractivity contribution in [2.45, 2.75) is 33.7 Å². The Hall–Kier alpha value is -3.16. The first-order valence-corrected chi connectivity index (χ1v) is 9.45. The van der Waals surface area contributed by atoms with Crippen LogP contribution in [0.1, 0.15) is 31.3 Å². The Balaban J connectivity index is 1.90. The van der Waals surface area contributed by atoms with E-state index in [1.54, 1.807) is 14.0 Å². The highest BCUT2D eigenvalue weighted by molar-refractivity contribution is 6.19. The molecule has 28 heavy (non-hydrogen) atoms. The van der Waals surface area contributed by atoms with Crippen LogP contribution in [0.5, 0.6) is 5.75 Å². The predicted molar refractivity (Wildman–Crippen MR) is 103 cm³/mol. The van der Waals surface area contributed by atoms with Gasteiger partial charge in [0.2, 0.25) is 11.9 Å². The van der Waals surface area contributed by atoms with Gasteiger partial charge >= 0.3 is 12.0 Å². The third-order valence-electron chi connectivity index (χ3n) is 5.42.